The molecule has 24 heavy (non-hydrogen) atoms. The van der Waals surface area contributed by atoms with Gasteiger partial charge < -0.3 is 15.4 Å². The zero-order chi connectivity index (χ0) is 17.4. The number of carbonyl (C=O) groups excluding carboxylic acids is 2. The molecule has 0 heterocycles. The van der Waals surface area contributed by atoms with Crippen LogP contribution in [0, 0.1) is 0 Å². The lowest BCUT2D eigenvalue weighted by Gasteiger charge is -2.27. The molecule has 0 bridgehead atoms. The number of rotatable bonds is 7. The quantitative estimate of drug-likeness (QED) is 0.817. The topological polar surface area (TPSA) is 67.4 Å². The first-order chi connectivity index (χ1) is 11.6. The summed E-state index contributed by atoms with van der Waals surface area (Å²) in [7, 11) is 1.47. The number of nitrogens with one attached hydrogen (secondary N) is 2. The molecule has 0 aliphatic rings. The molecule has 0 aliphatic heterocycles. The fraction of sp³-hybridized carbons (Fsp3) is 0.263. The maximum absolute atomic E-state index is 12.5. The molecular formula is C19H22N2O3. The van der Waals surface area contributed by atoms with Crippen molar-refractivity contribution in [3.63, 3.8) is 0 Å². The van der Waals surface area contributed by atoms with E-state index in [2.05, 4.69) is 10.6 Å². The van der Waals surface area contributed by atoms with Crippen LogP contribution in [-0.4, -0.2) is 25.5 Å². The molecule has 2 N–H and O–H groups in total. The van der Waals surface area contributed by atoms with E-state index in [1.807, 2.05) is 60.7 Å². The molecule has 0 radical (unpaired) electrons. The molecule has 2 aromatic rings. The van der Waals surface area contributed by atoms with Crippen molar-refractivity contribution in [2.75, 3.05) is 13.7 Å². The van der Waals surface area contributed by atoms with Gasteiger partial charge in [-0.1, -0.05) is 60.7 Å². The molecule has 2 rings (SSSR count). The molecule has 1 atom stereocenters. The number of hydrogen-bond donors (Lipinski definition) is 2. The molecule has 126 valence electrons. The van der Waals surface area contributed by atoms with Crippen LogP contribution in [0.1, 0.15) is 18.1 Å². The number of ether oxygens (including phenoxy) is 1. The van der Waals surface area contributed by atoms with Crippen molar-refractivity contribution in [3.8, 4) is 0 Å². The molecule has 0 spiro atoms. The molecule has 0 fully saturated rings. The van der Waals surface area contributed by atoms with Crippen LogP contribution in [0.15, 0.2) is 60.7 Å². The van der Waals surface area contributed by atoms with E-state index in [1.54, 1.807) is 6.92 Å². The number of methoxy groups -OCH3 is 1. The minimum Gasteiger partial charge on any atom is -0.364 e. The Bertz CT molecular complexity index is 674. The Hall–Kier alpha value is -2.66. The summed E-state index contributed by atoms with van der Waals surface area (Å²) in [4.78, 5) is 24.4. The summed E-state index contributed by atoms with van der Waals surface area (Å²) in [5.41, 5.74) is 0.596. The van der Waals surface area contributed by atoms with E-state index in [-0.39, 0.29) is 18.4 Å². The summed E-state index contributed by atoms with van der Waals surface area (Å²) in [6.07, 6.45) is 0. The molecule has 0 saturated carbocycles. The second kappa shape index (κ2) is 8.26. The Labute approximate surface area is 142 Å². The second-order valence-corrected chi connectivity index (χ2v) is 5.55. The van der Waals surface area contributed by atoms with Crippen molar-refractivity contribution >= 4 is 11.8 Å². The van der Waals surface area contributed by atoms with E-state index in [0.29, 0.717) is 6.54 Å². The average Bonchev–Trinajstić information content (AvgIpc) is 2.65. The maximum Gasteiger partial charge on any atom is 0.257 e. The lowest BCUT2D eigenvalue weighted by Crippen LogP contribution is -2.47. The van der Waals surface area contributed by atoms with Crippen LogP contribution < -0.4 is 10.6 Å². The predicted molar refractivity (Wildman–Crippen MR) is 92.1 cm³/mol. The van der Waals surface area contributed by atoms with Crippen molar-refractivity contribution in [2.24, 2.45) is 0 Å². The van der Waals surface area contributed by atoms with E-state index in [9.17, 15) is 9.59 Å². The maximum atomic E-state index is 12.5. The van der Waals surface area contributed by atoms with E-state index in [0.717, 1.165) is 11.1 Å². The molecule has 2 amide bonds. The van der Waals surface area contributed by atoms with Crippen LogP contribution in [0.4, 0.5) is 0 Å². The smallest absolute Gasteiger partial charge is 0.257 e. The third kappa shape index (κ3) is 4.43. The van der Waals surface area contributed by atoms with Crippen LogP contribution in [0.5, 0.6) is 0 Å². The highest BCUT2D eigenvalue weighted by Crippen LogP contribution is 2.24. The number of benzene rings is 2. The van der Waals surface area contributed by atoms with Gasteiger partial charge in [0.15, 0.2) is 5.60 Å². The van der Waals surface area contributed by atoms with Crippen LogP contribution >= 0.6 is 0 Å². The SMILES string of the molecule is CO[C@](C)(C(=O)NCC(=O)NCc1ccccc1)c1ccccc1. The predicted octanol–water partition coefficient (Wildman–Crippen LogP) is 1.98. The van der Waals surface area contributed by atoms with Gasteiger partial charge in [0.2, 0.25) is 5.91 Å². The van der Waals surface area contributed by atoms with E-state index >= 15 is 0 Å². The lowest BCUT2D eigenvalue weighted by atomic mass is 9.95. The van der Waals surface area contributed by atoms with Gasteiger partial charge in [-0.2, -0.15) is 0 Å². The van der Waals surface area contributed by atoms with Gasteiger partial charge in [0.25, 0.3) is 5.91 Å². The highest BCUT2D eigenvalue weighted by Gasteiger charge is 2.35. The molecular weight excluding hydrogens is 304 g/mol. The molecule has 0 aliphatic carbocycles. The fourth-order valence-electron chi connectivity index (χ4n) is 2.29. The van der Waals surface area contributed by atoms with E-state index in [1.165, 1.54) is 7.11 Å². The standard InChI is InChI=1S/C19H22N2O3/c1-19(24-2,16-11-7-4-8-12-16)18(23)21-14-17(22)20-13-15-9-5-3-6-10-15/h3-12H,13-14H2,1-2H3,(H,20,22)(H,21,23)/t19-/m0/s1. The highest BCUT2D eigenvalue weighted by atomic mass is 16.5. The molecule has 5 nitrogen and oxygen atoms in total. The van der Waals surface area contributed by atoms with Crippen LogP contribution in [0.25, 0.3) is 0 Å². The van der Waals surface area contributed by atoms with Gasteiger partial charge in [-0.15, -0.1) is 0 Å². The Morgan fingerprint density at radius 2 is 1.54 bits per heavy atom. The van der Waals surface area contributed by atoms with E-state index < -0.39 is 5.60 Å². The number of carbonyl (C=O) groups is 2. The van der Waals surface area contributed by atoms with Crippen LogP contribution in [-0.2, 0) is 26.5 Å². The number of amides is 2. The molecule has 0 saturated heterocycles. The zero-order valence-corrected chi connectivity index (χ0v) is 13.9. The Morgan fingerprint density at radius 1 is 0.958 bits per heavy atom. The molecule has 5 heteroatoms. The summed E-state index contributed by atoms with van der Waals surface area (Å²) >= 11 is 0. The van der Waals surface area contributed by atoms with Gasteiger partial charge in [0.05, 0.1) is 6.54 Å². The van der Waals surface area contributed by atoms with Crippen molar-refractivity contribution in [1.82, 2.24) is 10.6 Å². The Kier molecular flexibility index (Phi) is 6.09. The van der Waals surface area contributed by atoms with Gasteiger partial charge >= 0.3 is 0 Å². The molecule has 0 unspecified atom stereocenters. The van der Waals surface area contributed by atoms with Crippen LogP contribution in [0.3, 0.4) is 0 Å². The normalized spacial score (nSPS) is 12.9. The van der Waals surface area contributed by atoms with Crippen molar-refractivity contribution in [1.29, 1.82) is 0 Å². The van der Waals surface area contributed by atoms with Gasteiger partial charge in [0.1, 0.15) is 0 Å². The van der Waals surface area contributed by atoms with Crippen LogP contribution in [0.2, 0.25) is 0 Å². The average molecular weight is 326 g/mol. The second-order valence-electron chi connectivity index (χ2n) is 5.55. The molecule has 2 aromatic carbocycles. The van der Waals surface area contributed by atoms with Crippen molar-refractivity contribution in [3.05, 3.63) is 71.8 Å². The van der Waals surface area contributed by atoms with Gasteiger partial charge in [0, 0.05) is 13.7 Å². The first-order valence-corrected chi connectivity index (χ1v) is 7.76. The molecule has 0 aromatic heterocycles. The first kappa shape index (κ1) is 17.7. The van der Waals surface area contributed by atoms with E-state index in [4.69, 9.17) is 4.74 Å². The third-order valence-electron chi connectivity index (χ3n) is 3.91. The minimum absolute atomic E-state index is 0.0998. The van der Waals surface area contributed by atoms with Gasteiger partial charge in [-0.05, 0) is 18.1 Å². The van der Waals surface area contributed by atoms with Gasteiger partial charge in [-0.25, -0.2) is 0 Å². The van der Waals surface area contributed by atoms with Crippen molar-refractivity contribution in [2.45, 2.75) is 19.1 Å². The summed E-state index contributed by atoms with van der Waals surface area (Å²) < 4.78 is 5.40. The lowest BCUT2D eigenvalue weighted by molar-refractivity contribution is -0.143. The summed E-state index contributed by atoms with van der Waals surface area (Å²) in [5.74, 6) is -0.607. The Balaban J connectivity index is 1.88. The third-order valence-corrected chi connectivity index (χ3v) is 3.91. The number of hydrogen-bond acceptors (Lipinski definition) is 3. The summed E-state index contributed by atoms with van der Waals surface area (Å²) in [5, 5.41) is 5.40. The van der Waals surface area contributed by atoms with Crippen molar-refractivity contribution < 1.29 is 14.3 Å². The highest BCUT2D eigenvalue weighted by molar-refractivity contribution is 5.90. The fourth-order valence-corrected chi connectivity index (χ4v) is 2.29. The monoisotopic (exact) mass is 326 g/mol. The summed E-state index contributed by atoms with van der Waals surface area (Å²) in [6, 6.07) is 18.8. The minimum atomic E-state index is -1.14. The van der Waals surface area contributed by atoms with Gasteiger partial charge in [-0.3, -0.25) is 9.59 Å². The largest absolute Gasteiger partial charge is 0.364 e. The Morgan fingerprint density at radius 3 is 2.12 bits per heavy atom. The summed E-state index contributed by atoms with van der Waals surface area (Å²) in [6.45, 7) is 2.01. The first-order valence-electron chi connectivity index (χ1n) is 7.76. The zero-order valence-electron chi connectivity index (χ0n) is 13.9.